The van der Waals surface area contributed by atoms with Crippen LogP contribution in [0.2, 0.25) is 15.1 Å². The van der Waals surface area contributed by atoms with Gasteiger partial charge in [0.25, 0.3) is 0 Å². The van der Waals surface area contributed by atoms with Crippen LogP contribution < -0.4 is 42.5 Å². The lowest BCUT2D eigenvalue weighted by Crippen LogP contribution is -2.14. The Morgan fingerprint density at radius 3 is 0.861 bits per heavy atom. The van der Waals surface area contributed by atoms with Crippen molar-refractivity contribution in [2.45, 2.75) is 202 Å². The van der Waals surface area contributed by atoms with Gasteiger partial charge in [-0.3, -0.25) is 20.4 Å². The molecule has 12 N–H and O–H groups in total. The Labute approximate surface area is 684 Å². The van der Waals surface area contributed by atoms with Gasteiger partial charge in [0.05, 0.1) is 24.2 Å². The van der Waals surface area contributed by atoms with Crippen LogP contribution in [-0.2, 0) is 0 Å². The van der Waals surface area contributed by atoms with Crippen LogP contribution in [0.4, 0.5) is 84.0 Å². The lowest BCUT2D eigenvalue weighted by molar-refractivity contribution is 0.598. The Morgan fingerprint density at radius 2 is 0.583 bits per heavy atom. The van der Waals surface area contributed by atoms with Crippen molar-refractivity contribution in [3.05, 3.63) is 208 Å². The summed E-state index contributed by atoms with van der Waals surface area (Å²) in [6, 6.07) is 28.9. The lowest BCUT2D eigenvalue weighted by Gasteiger charge is -2.16. The number of nitrogens with zero attached hydrogens (tertiary/aromatic N) is 16. The van der Waals surface area contributed by atoms with Gasteiger partial charge in [0.2, 0.25) is 47.6 Å². The molecule has 28 nitrogen and oxygen atoms in total. The number of benzene rings is 4. The molecule has 4 aromatic carbocycles. The Bertz CT molecular complexity index is 5060. The highest BCUT2D eigenvalue weighted by molar-refractivity contribution is 9.10. The fraction of sp³-hybridized carbons (Fsp3) is 0.400. The quantitative estimate of drug-likeness (QED) is 0.0217. The van der Waals surface area contributed by atoms with Crippen molar-refractivity contribution in [3.8, 4) is 0 Å². The predicted octanol–water partition coefficient (Wildman–Crippen LogP) is 20.2. The van der Waals surface area contributed by atoms with E-state index in [1.165, 1.54) is 87.4 Å². The average molecular weight is 1680 g/mol. The maximum atomic E-state index is 14.3. The molecule has 8 aliphatic carbocycles. The average Bonchev–Trinajstić information content (AvgIpc) is 1.73. The van der Waals surface area contributed by atoms with E-state index in [2.05, 4.69) is 159 Å². The van der Waals surface area contributed by atoms with Crippen molar-refractivity contribution in [1.29, 1.82) is 0 Å². The van der Waals surface area contributed by atoms with Crippen molar-refractivity contribution >= 4 is 122 Å². The highest BCUT2D eigenvalue weighted by Gasteiger charge is 2.35. The Balaban J connectivity index is 0.000000111. The number of rotatable bonds is 28. The second-order valence-electron chi connectivity index (χ2n) is 30.9. The van der Waals surface area contributed by atoms with Gasteiger partial charge in [0.1, 0.15) is 40.7 Å². The molecule has 35 heteroatoms. The second-order valence-corrected chi connectivity index (χ2v) is 33.0. The van der Waals surface area contributed by atoms with E-state index in [0.29, 0.717) is 132 Å². The second kappa shape index (κ2) is 33.6. The summed E-state index contributed by atoms with van der Waals surface area (Å²) in [6.45, 7) is 7.80. The zero-order valence-electron chi connectivity index (χ0n) is 63.4. The third-order valence-electron chi connectivity index (χ3n) is 20.8. The molecule has 8 saturated carbocycles. The van der Waals surface area contributed by atoms with E-state index in [9.17, 15) is 13.2 Å². The molecular weight excluding hydrogens is 1600 g/mol. The number of aromatic amines is 4. The van der Waals surface area contributed by atoms with Crippen molar-refractivity contribution < 1.29 is 13.2 Å². The number of nitrogens with one attached hydrogen (secondary N) is 12. The third-order valence-corrected chi connectivity index (χ3v) is 22.3. The number of hydrogen-bond acceptors (Lipinski definition) is 24. The van der Waals surface area contributed by atoms with Crippen molar-refractivity contribution in [3.63, 3.8) is 0 Å². The zero-order chi connectivity index (χ0) is 79.0. The molecule has 115 heavy (non-hydrogen) atoms. The van der Waals surface area contributed by atoms with Crippen LogP contribution in [0.5, 0.6) is 0 Å². The molecular formula is C80H85BrCl3F3N28. The van der Waals surface area contributed by atoms with Gasteiger partial charge in [0, 0.05) is 119 Å². The van der Waals surface area contributed by atoms with Crippen LogP contribution in [0.15, 0.2) is 108 Å². The largest absolute Gasteiger partial charge is 0.347 e. The summed E-state index contributed by atoms with van der Waals surface area (Å²) in [5.41, 5.74) is 7.70. The first-order valence-corrected chi connectivity index (χ1v) is 41.2. The third kappa shape index (κ3) is 20.5. The highest BCUT2D eigenvalue weighted by atomic mass is 79.9. The molecule has 8 aliphatic rings. The predicted molar refractivity (Wildman–Crippen MR) is 439 cm³/mol. The van der Waals surface area contributed by atoms with Gasteiger partial charge in [0.15, 0.2) is 23.3 Å². The molecule has 0 aliphatic heterocycles. The SMILES string of the molecule is CC(Nc1nc(Nc2cc(C3CC3)[nH]n2)nc(C2CC2)n1)c1ccc(Br)cc1F.CC(Nc1nc(Nc2cc(C3CC3)[nH]n2)nc(C2CC2)n1)c1ccccc1Cl.C[C@@H](Nc1nc(Nc2cc(C3CC3)[nH]n2)nc(C2CC2)n1)c1ccc(F)cc1Cl.C[C@H](Nc1nc(Nc2cc(C3CC3)[nH]n2)nc(C2CC2)n1)c1ccc(F)cc1Cl. The fourth-order valence-electron chi connectivity index (χ4n) is 13.1. The lowest BCUT2D eigenvalue weighted by atomic mass is 10.1. The molecule has 0 radical (unpaired) electrons. The molecule has 8 aromatic heterocycles. The number of anilines is 12. The standard InChI is InChI=1S/C20H21BrFN7.2C20H21ClFN7.C20H22ClN7/c1-10(14-7-6-13(21)8-15(14)22)23-19-25-18(12-4-5-12)26-20(27-19)24-17-9-16(28-29-17)11-2-3-11;2*1-10(14-7-6-13(22)8-15(14)21)23-19-25-18(12-4-5-12)26-20(27-19)24-17-9-16(28-29-17)11-2-3-11;1-11(14-4-2-3-5-15(14)21)22-19-24-18(13-8-9-13)25-20(26-19)23-17-10-16(27-28-17)12-6-7-12/h3*6-12H,2-5H2,1H3,(H3,23,24,25,26,27,28,29);2-5,10-13H,6-9H2,1H3,(H3,22,23,24,25,26,27,28)/t;2*10-;/m.10./s1. The highest BCUT2D eigenvalue weighted by Crippen LogP contribution is 2.46. The summed E-state index contributed by atoms with van der Waals surface area (Å²) in [5.74, 6) is 12.6. The summed E-state index contributed by atoms with van der Waals surface area (Å²) in [6.07, 6.45) is 18.4. The first-order valence-electron chi connectivity index (χ1n) is 39.3. The van der Waals surface area contributed by atoms with Crippen LogP contribution in [0.1, 0.15) is 270 Å². The molecule has 8 heterocycles. The van der Waals surface area contributed by atoms with E-state index in [4.69, 9.17) is 34.8 Å². The summed E-state index contributed by atoms with van der Waals surface area (Å²) in [5, 5.41) is 56.9. The molecule has 594 valence electrons. The van der Waals surface area contributed by atoms with E-state index in [1.807, 2.05) is 82.3 Å². The molecule has 0 spiro atoms. The minimum Gasteiger partial charge on any atom is -0.347 e. The van der Waals surface area contributed by atoms with Gasteiger partial charge >= 0.3 is 0 Å². The van der Waals surface area contributed by atoms with Crippen LogP contribution >= 0.6 is 50.7 Å². The monoisotopic (exact) mass is 1680 g/mol. The van der Waals surface area contributed by atoms with E-state index in [-0.39, 0.29) is 41.6 Å². The van der Waals surface area contributed by atoms with Crippen LogP contribution in [-0.4, -0.2) is 101 Å². The number of H-pyrrole nitrogens is 4. The molecule has 20 rings (SSSR count). The minimum atomic E-state index is -0.363. The number of halogens is 7. The molecule has 0 bridgehead atoms. The van der Waals surface area contributed by atoms with E-state index >= 15 is 0 Å². The summed E-state index contributed by atoms with van der Waals surface area (Å²) < 4.78 is 41.7. The summed E-state index contributed by atoms with van der Waals surface area (Å²) >= 11 is 22.0. The van der Waals surface area contributed by atoms with Gasteiger partial charge in [-0.05, 0) is 190 Å². The Kier molecular flexibility index (Phi) is 22.5. The van der Waals surface area contributed by atoms with Crippen molar-refractivity contribution in [2.24, 2.45) is 0 Å². The Morgan fingerprint density at radius 1 is 0.313 bits per heavy atom. The van der Waals surface area contributed by atoms with Gasteiger partial charge < -0.3 is 42.5 Å². The van der Waals surface area contributed by atoms with E-state index in [0.717, 1.165) is 119 Å². The number of aromatic nitrogens is 20. The van der Waals surface area contributed by atoms with Gasteiger partial charge in [-0.15, -0.1) is 0 Å². The number of hydrogen-bond donors (Lipinski definition) is 12. The molecule has 2 unspecified atom stereocenters. The van der Waals surface area contributed by atoms with Gasteiger partial charge in [-0.25, -0.2) is 13.2 Å². The van der Waals surface area contributed by atoms with Crippen LogP contribution in [0.3, 0.4) is 0 Å². The molecule has 12 aromatic rings. The smallest absolute Gasteiger partial charge is 0.233 e. The first kappa shape index (κ1) is 76.9. The van der Waals surface area contributed by atoms with Crippen LogP contribution in [0, 0.1) is 17.5 Å². The van der Waals surface area contributed by atoms with Crippen molar-refractivity contribution in [1.82, 2.24) is 101 Å². The topological polar surface area (TPSA) is 366 Å². The molecule has 4 atom stereocenters. The van der Waals surface area contributed by atoms with Crippen molar-refractivity contribution in [2.75, 3.05) is 42.5 Å². The molecule has 0 saturated heterocycles. The first-order chi connectivity index (χ1) is 55.8. The van der Waals surface area contributed by atoms with E-state index < -0.39 is 0 Å². The summed E-state index contributed by atoms with van der Waals surface area (Å²) in [7, 11) is 0. The minimum absolute atomic E-state index is 0.0251. The van der Waals surface area contributed by atoms with Gasteiger partial charge in [-0.2, -0.15) is 80.2 Å². The maximum Gasteiger partial charge on any atom is 0.233 e. The maximum absolute atomic E-state index is 14.3. The zero-order valence-corrected chi connectivity index (χ0v) is 67.2. The summed E-state index contributed by atoms with van der Waals surface area (Å²) in [4.78, 5) is 54.7. The Hall–Kier alpha value is -10.7. The molecule has 8 fully saturated rings. The van der Waals surface area contributed by atoms with E-state index in [1.54, 1.807) is 18.2 Å². The normalized spacial score (nSPS) is 17.2. The fourth-order valence-corrected chi connectivity index (χ4v) is 14.4. The van der Waals surface area contributed by atoms with Gasteiger partial charge in [-0.1, -0.05) is 87.1 Å². The molecule has 0 amide bonds. The van der Waals surface area contributed by atoms with Crippen LogP contribution in [0.25, 0.3) is 0 Å².